The molecule has 124 valence electrons. The molecule has 0 aliphatic rings. The number of carboxylic acids is 1. The Labute approximate surface area is 132 Å². The van der Waals surface area contributed by atoms with Gasteiger partial charge in [-0.05, 0) is 24.5 Å². The second-order valence-electron chi connectivity index (χ2n) is 5.91. The molecule has 0 aliphatic heterocycles. The number of aliphatic carboxylic acids is 1. The van der Waals surface area contributed by atoms with Gasteiger partial charge < -0.3 is 19.5 Å². The minimum absolute atomic E-state index is 0.430. The second kappa shape index (κ2) is 8.51. The molecule has 1 aromatic carbocycles. The molecule has 0 saturated carbocycles. The van der Waals surface area contributed by atoms with Crippen molar-refractivity contribution in [3.8, 4) is 11.5 Å². The highest BCUT2D eigenvalue weighted by atomic mass is 16.5. The predicted octanol–water partition coefficient (Wildman–Crippen LogP) is 3.28. The molecule has 5 nitrogen and oxygen atoms in total. The Balaban J connectivity index is 3.00. The lowest BCUT2D eigenvalue weighted by atomic mass is 10.1. The van der Waals surface area contributed by atoms with E-state index in [1.165, 1.54) is 0 Å². The number of ether oxygens (including phenoxy) is 2. The number of methoxy groups -OCH3 is 2. The first kappa shape index (κ1) is 18.1. The largest absolute Gasteiger partial charge is 0.493 e. The molecule has 0 spiro atoms. The predicted molar refractivity (Wildman–Crippen MR) is 88.0 cm³/mol. The van der Waals surface area contributed by atoms with Crippen LogP contribution in [-0.4, -0.2) is 38.4 Å². The summed E-state index contributed by atoms with van der Waals surface area (Å²) in [7, 11) is 3.19. The quantitative estimate of drug-likeness (QED) is 0.758. The van der Waals surface area contributed by atoms with Crippen LogP contribution in [0, 0.1) is 11.8 Å². The van der Waals surface area contributed by atoms with Crippen molar-refractivity contribution >= 4 is 11.7 Å². The van der Waals surface area contributed by atoms with Crippen LogP contribution in [0.1, 0.15) is 27.2 Å². The first-order valence-electron chi connectivity index (χ1n) is 7.58. The van der Waals surface area contributed by atoms with Crippen LogP contribution in [-0.2, 0) is 4.79 Å². The number of rotatable bonds is 9. The minimum atomic E-state index is -0.782. The van der Waals surface area contributed by atoms with Crippen LogP contribution < -0.4 is 14.4 Å². The normalized spacial score (nSPS) is 12.1. The van der Waals surface area contributed by atoms with E-state index in [1.54, 1.807) is 21.1 Å². The van der Waals surface area contributed by atoms with Crippen LogP contribution in [0.25, 0.3) is 0 Å². The topological polar surface area (TPSA) is 59.0 Å². The zero-order valence-corrected chi connectivity index (χ0v) is 14.1. The van der Waals surface area contributed by atoms with Crippen LogP contribution in [0.3, 0.4) is 0 Å². The maximum absolute atomic E-state index is 11.2. The van der Waals surface area contributed by atoms with Gasteiger partial charge in [-0.15, -0.1) is 0 Å². The lowest BCUT2D eigenvalue weighted by Gasteiger charge is -2.28. The highest BCUT2D eigenvalue weighted by Crippen LogP contribution is 2.32. The molecule has 0 saturated heterocycles. The van der Waals surface area contributed by atoms with Gasteiger partial charge in [0.05, 0.1) is 20.1 Å². The smallest absolute Gasteiger partial charge is 0.308 e. The van der Waals surface area contributed by atoms with E-state index in [1.807, 2.05) is 18.2 Å². The van der Waals surface area contributed by atoms with E-state index in [0.29, 0.717) is 24.0 Å². The van der Waals surface area contributed by atoms with Gasteiger partial charge in [-0.25, -0.2) is 0 Å². The Morgan fingerprint density at radius 3 is 2.32 bits per heavy atom. The van der Waals surface area contributed by atoms with E-state index in [4.69, 9.17) is 14.6 Å². The summed E-state index contributed by atoms with van der Waals surface area (Å²) in [6.45, 7) is 7.33. The molecule has 5 heteroatoms. The standard InChI is InChI=1S/C17H27NO4/c1-12(2)8-9-18(11-13(3)17(19)20)14-6-7-15(21-4)16(10-14)22-5/h6-7,10,12-13H,8-9,11H2,1-5H3,(H,19,20). The Hall–Kier alpha value is -1.91. The maximum Gasteiger partial charge on any atom is 0.308 e. The zero-order valence-electron chi connectivity index (χ0n) is 14.1. The number of carboxylic acid groups (broad SMARTS) is 1. The third-order valence-electron chi connectivity index (χ3n) is 3.62. The van der Waals surface area contributed by atoms with Crippen molar-refractivity contribution < 1.29 is 19.4 Å². The molecule has 1 aromatic rings. The van der Waals surface area contributed by atoms with Crippen molar-refractivity contribution in [2.24, 2.45) is 11.8 Å². The Bertz CT molecular complexity index is 488. The lowest BCUT2D eigenvalue weighted by molar-refractivity contribution is -0.140. The summed E-state index contributed by atoms with van der Waals surface area (Å²) in [6, 6.07) is 5.69. The average molecular weight is 309 g/mol. The molecular formula is C17H27NO4. The highest BCUT2D eigenvalue weighted by Gasteiger charge is 2.18. The first-order chi connectivity index (χ1) is 10.4. The third kappa shape index (κ3) is 5.13. The molecule has 0 radical (unpaired) electrons. The van der Waals surface area contributed by atoms with Gasteiger partial charge in [-0.3, -0.25) is 4.79 Å². The fraction of sp³-hybridized carbons (Fsp3) is 0.588. The lowest BCUT2D eigenvalue weighted by Crippen LogP contribution is -2.33. The zero-order chi connectivity index (χ0) is 16.7. The van der Waals surface area contributed by atoms with Gasteiger partial charge in [0.15, 0.2) is 11.5 Å². The van der Waals surface area contributed by atoms with Crippen LogP contribution in [0.4, 0.5) is 5.69 Å². The van der Waals surface area contributed by atoms with Crippen LogP contribution >= 0.6 is 0 Å². The van der Waals surface area contributed by atoms with Crippen LogP contribution in [0.5, 0.6) is 11.5 Å². The number of anilines is 1. The summed E-state index contributed by atoms with van der Waals surface area (Å²) in [4.78, 5) is 13.3. The average Bonchev–Trinajstić information content (AvgIpc) is 2.50. The van der Waals surface area contributed by atoms with Crippen molar-refractivity contribution in [2.75, 3.05) is 32.2 Å². The number of nitrogens with zero attached hydrogens (tertiary/aromatic N) is 1. The second-order valence-corrected chi connectivity index (χ2v) is 5.91. The Kier molecular flexibility index (Phi) is 7.02. The highest BCUT2D eigenvalue weighted by molar-refractivity contribution is 5.70. The molecule has 0 fully saturated rings. The van der Waals surface area contributed by atoms with Crippen molar-refractivity contribution in [3.63, 3.8) is 0 Å². The molecule has 1 rings (SSSR count). The van der Waals surface area contributed by atoms with Gasteiger partial charge in [0.25, 0.3) is 0 Å². The van der Waals surface area contributed by atoms with Gasteiger partial charge in [0.1, 0.15) is 0 Å². The van der Waals surface area contributed by atoms with Crippen LogP contribution in [0.2, 0.25) is 0 Å². The summed E-state index contributed by atoms with van der Waals surface area (Å²) >= 11 is 0. The molecule has 22 heavy (non-hydrogen) atoms. The molecular weight excluding hydrogens is 282 g/mol. The van der Waals surface area contributed by atoms with Crippen molar-refractivity contribution in [1.82, 2.24) is 0 Å². The maximum atomic E-state index is 11.2. The van der Waals surface area contributed by atoms with E-state index >= 15 is 0 Å². The first-order valence-corrected chi connectivity index (χ1v) is 7.58. The van der Waals surface area contributed by atoms with E-state index in [2.05, 4.69) is 18.7 Å². The third-order valence-corrected chi connectivity index (χ3v) is 3.62. The number of benzene rings is 1. The van der Waals surface area contributed by atoms with Crippen molar-refractivity contribution in [2.45, 2.75) is 27.2 Å². The monoisotopic (exact) mass is 309 g/mol. The van der Waals surface area contributed by atoms with Crippen LogP contribution in [0.15, 0.2) is 18.2 Å². The molecule has 1 unspecified atom stereocenters. The van der Waals surface area contributed by atoms with Gasteiger partial charge in [-0.1, -0.05) is 20.8 Å². The van der Waals surface area contributed by atoms with Gasteiger partial charge in [-0.2, -0.15) is 0 Å². The molecule has 0 aromatic heterocycles. The molecule has 0 amide bonds. The fourth-order valence-electron chi connectivity index (χ4n) is 2.17. The Morgan fingerprint density at radius 2 is 1.82 bits per heavy atom. The van der Waals surface area contributed by atoms with Gasteiger partial charge in [0, 0.05) is 24.8 Å². The van der Waals surface area contributed by atoms with Crippen molar-refractivity contribution in [1.29, 1.82) is 0 Å². The SMILES string of the molecule is COc1ccc(N(CCC(C)C)CC(C)C(=O)O)cc1OC. The van der Waals surface area contributed by atoms with E-state index in [9.17, 15) is 4.79 Å². The van der Waals surface area contributed by atoms with E-state index < -0.39 is 11.9 Å². The van der Waals surface area contributed by atoms with Gasteiger partial charge >= 0.3 is 5.97 Å². The molecule has 0 aliphatic carbocycles. The van der Waals surface area contributed by atoms with Gasteiger partial charge in [0.2, 0.25) is 0 Å². The molecule has 0 bridgehead atoms. The summed E-state index contributed by atoms with van der Waals surface area (Å²) in [5, 5.41) is 9.17. The van der Waals surface area contributed by atoms with E-state index in [-0.39, 0.29) is 0 Å². The number of hydrogen-bond donors (Lipinski definition) is 1. The summed E-state index contributed by atoms with van der Waals surface area (Å²) < 4.78 is 10.6. The fourth-order valence-corrected chi connectivity index (χ4v) is 2.17. The summed E-state index contributed by atoms with van der Waals surface area (Å²) in [5.74, 6) is 0.664. The number of hydrogen-bond acceptors (Lipinski definition) is 4. The van der Waals surface area contributed by atoms with Crippen molar-refractivity contribution in [3.05, 3.63) is 18.2 Å². The molecule has 1 N–H and O–H groups in total. The Morgan fingerprint density at radius 1 is 1.18 bits per heavy atom. The molecule has 0 heterocycles. The number of carbonyl (C=O) groups is 1. The summed E-state index contributed by atoms with van der Waals surface area (Å²) in [5.41, 5.74) is 0.950. The minimum Gasteiger partial charge on any atom is -0.493 e. The van der Waals surface area contributed by atoms with E-state index in [0.717, 1.165) is 18.7 Å². The summed E-state index contributed by atoms with van der Waals surface area (Å²) in [6.07, 6.45) is 1.00. The molecule has 1 atom stereocenters.